The van der Waals surface area contributed by atoms with Crippen molar-refractivity contribution in [3.8, 4) is 0 Å². The molecule has 1 heterocycles. The average Bonchev–Trinajstić information content (AvgIpc) is 2.36. The Labute approximate surface area is 102 Å². The largest absolute Gasteiger partial charge is 0.314 e. The maximum atomic E-state index is 13.3. The lowest BCUT2D eigenvalue weighted by Gasteiger charge is -2.33. The number of benzene rings is 1. The van der Waals surface area contributed by atoms with Crippen LogP contribution >= 0.6 is 0 Å². The van der Waals surface area contributed by atoms with Gasteiger partial charge in [0.25, 0.3) is 0 Å². The summed E-state index contributed by atoms with van der Waals surface area (Å²) in [5.74, 6) is -0.142. The lowest BCUT2D eigenvalue weighted by atomic mass is 10.0. The normalized spacial score (nSPS) is 18.9. The number of hydrogen-bond donors (Lipinski definition) is 1. The number of hydrogen-bond acceptors (Lipinski definition) is 2. The van der Waals surface area contributed by atoms with Gasteiger partial charge in [-0.05, 0) is 24.1 Å². The molecule has 1 atom stereocenters. The standard InChI is InChI=1S/C14H19FN2/c1-3-14(17-8-6-16-7-9-17)12-4-5-13(15)11(2)10-12/h3-5,10,14,16H,1,6-9H2,2H3/t14-/m1/s1. The zero-order chi connectivity index (χ0) is 12.3. The van der Waals surface area contributed by atoms with Gasteiger partial charge in [-0.2, -0.15) is 0 Å². The van der Waals surface area contributed by atoms with Crippen LogP contribution < -0.4 is 5.32 Å². The van der Waals surface area contributed by atoms with Gasteiger partial charge >= 0.3 is 0 Å². The molecule has 0 bridgehead atoms. The van der Waals surface area contributed by atoms with Gasteiger partial charge in [-0.3, -0.25) is 4.90 Å². The van der Waals surface area contributed by atoms with Crippen LogP contribution in [0.15, 0.2) is 30.9 Å². The Kier molecular flexibility index (Phi) is 3.92. The summed E-state index contributed by atoms with van der Waals surface area (Å²) in [6, 6.07) is 5.51. The molecule has 3 heteroatoms. The first-order valence-corrected chi connectivity index (χ1v) is 6.06. The summed E-state index contributed by atoms with van der Waals surface area (Å²) in [7, 11) is 0. The molecule has 1 saturated heterocycles. The van der Waals surface area contributed by atoms with Gasteiger partial charge in [-0.15, -0.1) is 6.58 Å². The molecule has 2 rings (SSSR count). The fraction of sp³-hybridized carbons (Fsp3) is 0.429. The van der Waals surface area contributed by atoms with E-state index in [1.54, 1.807) is 13.0 Å². The van der Waals surface area contributed by atoms with Gasteiger partial charge in [0.15, 0.2) is 0 Å². The van der Waals surface area contributed by atoms with Crippen molar-refractivity contribution in [1.82, 2.24) is 10.2 Å². The van der Waals surface area contributed by atoms with Crippen LogP contribution in [0, 0.1) is 12.7 Å². The molecule has 1 aromatic rings. The van der Waals surface area contributed by atoms with E-state index in [1.807, 2.05) is 18.2 Å². The second-order valence-electron chi connectivity index (χ2n) is 4.48. The predicted octanol–water partition coefficient (Wildman–Crippen LogP) is 2.27. The predicted molar refractivity (Wildman–Crippen MR) is 68.5 cm³/mol. The molecule has 1 aliphatic rings. The summed E-state index contributed by atoms with van der Waals surface area (Å²) in [6.07, 6.45) is 1.94. The van der Waals surface area contributed by atoms with Gasteiger partial charge in [-0.25, -0.2) is 4.39 Å². The highest BCUT2D eigenvalue weighted by Crippen LogP contribution is 2.23. The number of nitrogens with one attached hydrogen (secondary N) is 1. The first kappa shape index (κ1) is 12.3. The topological polar surface area (TPSA) is 15.3 Å². The van der Waals surface area contributed by atoms with Crippen LogP contribution in [-0.2, 0) is 0 Å². The molecule has 0 saturated carbocycles. The van der Waals surface area contributed by atoms with E-state index in [4.69, 9.17) is 0 Å². The van der Waals surface area contributed by atoms with E-state index < -0.39 is 0 Å². The van der Waals surface area contributed by atoms with Crippen molar-refractivity contribution in [3.63, 3.8) is 0 Å². The molecule has 0 aliphatic carbocycles. The van der Waals surface area contributed by atoms with Crippen LogP contribution in [0.2, 0.25) is 0 Å². The Hall–Kier alpha value is -1.19. The molecule has 0 radical (unpaired) electrons. The molecule has 1 N–H and O–H groups in total. The molecule has 2 nitrogen and oxygen atoms in total. The molecule has 17 heavy (non-hydrogen) atoms. The second kappa shape index (κ2) is 5.43. The van der Waals surface area contributed by atoms with Crippen LogP contribution in [0.1, 0.15) is 17.2 Å². The van der Waals surface area contributed by atoms with E-state index in [0.29, 0.717) is 5.56 Å². The quantitative estimate of drug-likeness (QED) is 0.807. The van der Waals surface area contributed by atoms with Gasteiger partial charge in [-0.1, -0.05) is 18.2 Å². The summed E-state index contributed by atoms with van der Waals surface area (Å²) in [5, 5.41) is 3.33. The summed E-state index contributed by atoms with van der Waals surface area (Å²) in [5.41, 5.74) is 1.82. The Bertz CT molecular complexity index is 397. The number of halogens is 1. The van der Waals surface area contributed by atoms with Gasteiger partial charge < -0.3 is 5.32 Å². The zero-order valence-corrected chi connectivity index (χ0v) is 10.2. The van der Waals surface area contributed by atoms with Crippen molar-refractivity contribution in [2.45, 2.75) is 13.0 Å². The molecule has 1 aromatic carbocycles. The van der Waals surface area contributed by atoms with Crippen molar-refractivity contribution in [3.05, 3.63) is 47.8 Å². The minimum atomic E-state index is -0.142. The fourth-order valence-electron chi connectivity index (χ4n) is 2.31. The highest BCUT2D eigenvalue weighted by Gasteiger charge is 2.19. The summed E-state index contributed by atoms with van der Waals surface area (Å²) >= 11 is 0. The van der Waals surface area contributed by atoms with E-state index in [1.165, 1.54) is 0 Å². The highest BCUT2D eigenvalue weighted by atomic mass is 19.1. The lowest BCUT2D eigenvalue weighted by Crippen LogP contribution is -2.44. The van der Waals surface area contributed by atoms with E-state index in [2.05, 4.69) is 16.8 Å². The number of nitrogens with zero attached hydrogens (tertiary/aromatic N) is 1. The van der Waals surface area contributed by atoms with Crippen molar-refractivity contribution in [1.29, 1.82) is 0 Å². The maximum Gasteiger partial charge on any atom is 0.126 e. The van der Waals surface area contributed by atoms with Crippen molar-refractivity contribution in [2.24, 2.45) is 0 Å². The first-order chi connectivity index (χ1) is 8.22. The van der Waals surface area contributed by atoms with Crippen molar-refractivity contribution >= 4 is 0 Å². The second-order valence-corrected chi connectivity index (χ2v) is 4.48. The molecule has 0 aromatic heterocycles. The first-order valence-electron chi connectivity index (χ1n) is 6.06. The SMILES string of the molecule is C=C[C@H](c1ccc(F)c(C)c1)N1CCNCC1. The zero-order valence-electron chi connectivity index (χ0n) is 10.2. The minimum absolute atomic E-state index is 0.142. The molecule has 92 valence electrons. The van der Waals surface area contributed by atoms with E-state index in [9.17, 15) is 4.39 Å². The molecule has 1 fully saturated rings. The number of aryl methyl sites for hydroxylation is 1. The van der Waals surface area contributed by atoms with E-state index in [-0.39, 0.29) is 11.9 Å². The minimum Gasteiger partial charge on any atom is -0.314 e. The Morgan fingerprint density at radius 2 is 2.12 bits per heavy atom. The monoisotopic (exact) mass is 234 g/mol. The molecule has 0 unspecified atom stereocenters. The highest BCUT2D eigenvalue weighted by molar-refractivity contribution is 5.29. The van der Waals surface area contributed by atoms with Gasteiger partial charge in [0.1, 0.15) is 5.82 Å². The summed E-state index contributed by atoms with van der Waals surface area (Å²) < 4.78 is 13.3. The van der Waals surface area contributed by atoms with E-state index >= 15 is 0 Å². The van der Waals surface area contributed by atoms with Crippen molar-refractivity contribution in [2.75, 3.05) is 26.2 Å². The molecule has 1 aliphatic heterocycles. The van der Waals surface area contributed by atoms with Crippen LogP contribution in [0.5, 0.6) is 0 Å². The average molecular weight is 234 g/mol. The van der Waals surface area contributed by atoms with Crippen LogP contribution in [-0.4, -0.2) is 31.1 Å². The molecular formula is C14H19FN2. The van der Waals surface area contributed by atoms with Crippen LogP contribution in [0.4, 0.5) is 4.39 Å². The van der Waals surface area contributed by atoms with Gasteiger partial charge in [0, 0.05) is 26.2 Å². The number of piperazine rings is 1. The maximum absolute atomic E-state index is 13.3. The summed E-state index contributed by atoms with van der Waals surface area (Å²) in [6.45, 7) is 9.73. The van der Waals surface area contributed by atoms with Crippen LogP contribution in [0.3, 0.4) is 0 Å². The molecule has 0 amide bonds. The third-order valence-corrected chi connectivity index (χ3v) is 3.29. The smallest absolute Gasteiger partial charge is 0.126 e. The Morgan fingerprint density at radius 1 is 1.41 bits per heavy atom. The van der Waals surface area contributed by atoms with Gasteiger partial charge in [0.2, 0.25) is 0 Å². The molecule has 0 spiro atoms. The summed E-state index contributed by atoms with van der Waals surface area (Å²) in [4.78, 5) is 2.37. The van der Waals surface area contributed by atoms with E-state index in [0.717, 1.165) is 31.7 Å². The fourth-order valence-corrected chi connectivity index (χ4v) is 2.31. The third-order valence-electron chi connectivity index (χ3n) is 3.29. The Morgan fingerprint density at radius 3 is 2.71 bits per heavy atom. The third kappa shape index (κ3) is 2.73. The van der Waals surface area contributed by atoms with Crippen molar-refractivity contribution < 1.29 is 4.39 Å². The molecular weight excluding hydrogens is 215 g/mol. The Balaban J connectivity index is 2.21. The van der Waals surface area contributed by atoms with Crippen LogP contribution in [0.25, 0.3) is 0 Å². The lowest BCUT2D eigenvalue weighted by molar-refractivity contribution is 0.203. The van der Waals surface area contributed by atoms with Gasteiger partial charge in [0.05, 0.1) is 6.04 Å². The number of rotatable bonds is 3.